The quantitative estimate of drug-likeness (QED) is 0.492. The van der Waals surface area contributed by atoms with Crippen LogP contribution in [0, 0.1) is 13.8 Å². The molecular formula is C20H19ClN2O3. The van der Waals surface area contributed by atoms with Gasteiger partial charge in [0.2, 0.25) is 0 Å². The number of halogens is 1. The van der Waals surface area contributed by atoms with E-state index >= 15 is 0 Å². The zero-order chi connectivity index (χ0) is 18.8. The molecule has 0 radical (unpaired) electrons. The van der Waals surface area contributed by atoms with Crippen LogP contribution in [0.1, 0.15) is 28.4 Å². The van der Waals surface area contributed by atoms with Crippen LogP contribution in [-0.2, 0) is 4.74 Å². The van der Waals surface area contributed by atoms with Gasteiger partial charge in [-0.2, -0.15) is 0 Å². The monoisotopic (exact) mass is 370 g/mol. The number of aromatic nitrogens is 1. The minimum atomic E-state index is -0.482. The van der Waals surface area contributed by atoms with Crippen LogP contribution in [0.2, 0.25) is 5.02 Å². The standard InChI is InChI=1S/C20H19ClN2O3/c1-4-26-20(25)14-10-22-18-12(3)15(21)7-6-13(18)19(14)23-16-9-11(2)5-8-17(16)24/h5-10,24H,4H2,1-3H3,(H,22,23). The van der Waals surface area contributed by atoms with Gasteiger partial charge in [-0.1, -0.05) is 17.7 Å². The molecule has 0 aliphatic heterocycles. The summed E-state index contributed by atoms with van der Waals surface area (Å²) >= 11 is 6.21. The Hall–Kier alpha value is -2.79. The summed E-state index contributed by atoms with van der Waals surface area (Å²) in [7, 11) is 0. The highest BCUT2D eigenvalue weighted by molar-refractivity contribution is 6.32. The highest BCUT2D eigenvalue weighted by Gasteiger charge is 2.19. The van der Waals surface area contributed by atoms with Crippen molar-refractivity contribution in [2.24, 2.45) is 0 Å². The molecule has 3 rings (SSSR count). The van der Waals surface area contributed by atoms with E-state index in [1.807, 2.05) is 13.8 Å². The number of hydrogen-bond donors (Lipinski definition) is 2. The van der Waals surface area contributed by atoms with E-state index < -0.39 is 5.97 Å². The number of anilines is 2. The number of nitrogens with zero attached hydrogens (tertiary/aromatic N) is 1. The van der Waals surface area contributed by atoms with Gasteiger partial charge in [-0.05, 0) is 56.2 Å². The summed E-state index contributed by atoms with van der Waals surface area (Å²) in [6, 6.07) is 8.78. The molecule has 0 atom stereocenters. The van der Waals surface area contributed by atoms with Crippen molar-refractivity contribution in [2.75, 3.05) is 11.9 Å². The lowest BCUT2D eigenvalue weighted by atomic mass is 10.1. The van der Waals surface area contributed by atoms with Crippen molar-refractivity contribution in [1.29, 1.82) is 0 Å². The highest BCUT2D eigenvalue weighted by Crippen LogP contribution is 2.36. The first kappa shape index (κ1) is 18.0. The lowest BCUT2D eigenvalue weighted by molar-refractivity contribution is 0.0527. The molecule has 2 N–H and O–H groups in total. The van der Waals surface area contributed by atoms with Crippen molar-refractivity contribution in [3.63, 3.8) is 0 Å². The summed E-state index contributed by atoms with van der Waals surface area (Å²) in [6.07, 6.45) is 1.47. The molecule has 5 nitrogen and oxygen atoms in total. The van der Waals surface area contributed by atoms with Crippen LogP contribution >= 0.6 is 11.6 Å². The van der Waals surface area contributed by atoms with Gasteiger partial charge in [0.1, 0.15) is 11.3 Å². The van der Waals surface area contributed by atoms with E-state index in [2.05, 4.69) is 10.3 Å². The number of phenols is 1. The number of carbonyl (C=O) groups excluding carboxylic acids is 1. The first-order valence-electron chi connectivity index (χ1n) is 8.24. The van der Waals surface area contributed by atoms with Crippen molar-refractivity contribution in [2.45, 2.75) is 20.8 Å². The molecule has 6 heteroatoms. The predicted octanol–water partition coefficient (Wildman–Crippen LogP) is 5.13. The van der Waals surface area contributed by atoms with E-state index in [0.29, 0.717) is 27.5 Å². The maximum atomic E-state index is 12.4. The number of rotatable bonds is 4. The second-order valence-corrected chi connectivity index (χ2v) is 6.39. The smallest absolute Gasteiger partial charge is 0.341 e. The van der Waals surface area contributed by atoms with Crippen LogP contribution in [0.15, 0.2) is 36.5 Å². The fraction of sp³-hybridized carbons (Fsp3) is 0.200. The molecule has 1 aromatic heterocycles. The molecule has 0 amide bonds. The largest absolute Gasteiger partial charge is 0.506 e. The Morgan fingerprint density at radius 3 is 2.77 bits per heavy atom. The van der Waals surface area contributed by atoms with Gasteiger partial charge < -0.3 is 15.2 Å². The number of pyridine rings is 1. The number of esters is 1. The van der Waals surface area contributed by atoms with Gasteiger partial charge in [-0.3, -0.25) is 4.98 Å². The third-order valence-electron chi connectivity index (χ3n) is 4.13. The SMILES string of the molecule is CCOC(=O)c1cnc2c(C)c(Cl)ccc2c1Nc1cc(C)ccc1O. The number of benzene rings is 2. The number of aromatic hydroxyl groups is 1. The summed E-state index contributed by atoms with van der Waals surface area (Å²) < 4.78 is 5.16. The first-order chi connectivity index (χ1) is 12.4. The van der Waals surface area contributed by atoms with Gasteiger partial charge in [0.05, 0.1) is 23.5 Å². The molecule has 0 spiro atoms. The number of hydrogen-bond acceptors (Lipinski definition) is 5. The molecule has 0 unspecified atom stereocenters. The molecule has 0 bridgehead atoms. The molecule has 0 aliphatic rings. The molecule has 2 aromatic carbocycles. The zero-order valence-electron chi connectivity index (χ0n) is 14.8. The fourth-order valence-corrected chi connectivity index (χ4v) is 2.92. The van der Waals surface area contributed by atoms with E-state index in [1.165, 1.54) is 6.20 Å². The van der Waals surface area contributed by atoms with Gasteiger partial charge >= 0.3 is 5.97 Å². The Bertz CT molecular complexity index is 1000. The summed E-state index contributed by atoms with van der Waals surface area (Å²) in [5.74, 6) is -0.398. The molecule has 3 aromatic rings. The van der Waals surface area contributed by atoms with E-state index in [1.54, 1.807) is 37.3 Å². The van der Waals surface area contributed by atoms with Gasteiger partial charge in [-0.25, -0.2) is 4.79 Å². The van der Waals surface area contributed by atoms with Gasteiger partial charge in [0, 0.05) is 16.6 Å². The molecule has 134 valence electrons. The third kappa shape index (κ3) is 3.30. The molecular weight excluding hydrogens is 352 g/mol. The summed E-state index contributed by atoms with van der Waals surface area (Å²) in [4.78, 5) is 16.8. The van der Waals surface area contributed by atoms with Crippen LogP contribution in [-0.4, -0.2) is 22.7 Å². The molecule has 0 aliphatic carbocycles. The van der Waals surface area contributed by atoms with Crippen molar-refractivity contribution < 1.29 is 14.6 Å². The average Bonchev–Trinajstić information content (AvgIpc) is 2.61. The van der Waals surface area contributed by atoms with E-state index in [4.69, 9.17) is 16.3 Å². The average molecular weight is 371 g/mol. The summed E-state index contributed by atoms with van der Waals surface area (Å²) in [5.41, 5.74) is 3.78. The number of fused-ring (bicyclic) bond motifs is 1. The van der Waals surface area contributed by atoms with E-state index in [9.17, 15) is 9.90 Å². The van der Waals surface area contributed by atoms with Crippen LogP contribution in [0.5, 0.6) is 5.75 Å². The van der Waals surface area contributed by atoms with Crippen molar-refractivity contribution in [3.05, 3.63) is 58.2 Å². The molecule has 0 fully saturated rings. The Kier molecular flexibility index (Phi) is 5.00. The van der Waals surface area contributed by atoms with Crippen LogP contribution in [0.25, 0.3) is 10.9 Å². The molecule has 0 saturated carbocycles. The number of carbonyl (C=O) groups is 1. The van der Waals surface area contributed by atoms with Crippen LogP contribution < -0.4 is 5.32 Å². The van der Waals surface area contributed by atoms with Crippen LogP contribution in [0.3, 0.4) is 0 Å². The zero-order valence-corrected chi connectivity index (χ0v) is 15.5. The van der Waals surface area contributed by atoms with Crippen molar-refractivity contribution >= 4 is 39.8 Å². The number of ether oxygens (including phenoxy) is 1. The van der Waals surface area contributed by atoms with Crippen LogP contribution in [0.4, 0.5) is 11.4 Å². The Balaban J connectivity index is 2.24. The normalized spacial score (nSPS) is 10.8. The van der Waals surface area contributed by atoms with Gasteiger partial charge in [0.15, 0.2) is 0 Å². The predicted molar refractivity (Wildman–Crippen MR) is 104 cm³/mol. The highest BCUT2D eigenvalue weighted by atomic mass is 35.5. The van der Waals surface area contributed by atoms with Gasteiger partial charge in [0.25, 0.3) is 0 Å². The maximum absolute atomic E-state index is 12.4. The fourth-order valence-electron chi connectivity index (χ4n) is 2.77. The lowest BCUT2D eigenvalue weighted by Gasteiger charge is -2.16. The minimum absolute atomic E-state index is 0.0843. The lowest BCUT2D eigenvalue weighted by Crippen LogP contribution is -2.09. The number of phenolic OH excluding ortho intramolecular Hbond substituents is 1. The van der Waals surface area contributed by atoms with E-state index in [-0.39, 0.29) is 12.4 Å². The molecule has 1 heterocycles. The second-order valence-electron chi connectivity index (χ2n) is 5.98. The van der Waals surface area contributed by atoms with E-state index in [0.717, 1.165) is 16.5 Å². The molecule has 0 saturated heterocycles. The molecule has 26 heavy (non-hydrogen) atoms. The van der Waals surface area contributed by atoms with Crippen molar-refractivity contribution in [3.8, 4) is 5.75 Å². The Morgan fingerprint density at radius 2 is 2.04 bits per heavy atom. The maximum Gasteiger partial charge on any atom is 0.341 e. The number of aryl methyl sites for hydroxylation is 2. The number of nitrogens with one attached hydrogen (secondary N) is 1. The summed E-state index contributed by atoms with van der Waals surface area (Å²) in [6.45, 7) is 5.79. The Morgan fingerprint density at radius 1 is 1.27 bits per heavy atom. The van der Waals surface area contributed by atoms with Gasteiger partial charge in [-0.15, -0.1) is 0 Å². The first-order valence-corrected chi connectivity index (χ1v) is 8.61. The third-order valence-corrected chi connectivity index (χ3v) is 4.54. The summed E-state index contributed by atoms with van der Waals surface area (Å²) in [5, 5.41) is 14.7. The Labute approximate surface area is 156 Å². The minimum Gasteiger partial charge on any atom is -0.506 e. The second kappa shape index (κ2) is 7.22. The topological polar surface area (TPSA) is 71.5 Å². The van der Waals surface area contributed by atoms with Crippen molar-refractivity contribution in [1.82, 2.24) is 4.98 Å².